The first-order valence-corrected chi connectivity index (χ1v) is 17.4. The molecule has 0 saturated heterocycles. The molecule has 13 nitrogen and oxygen atoms in total. The van der Waals surface area contributed by atoms with E-state index in [0.29, 0.717) is 32.1 Å². The summed E-state index contributed by atoms with van der Waals surface area (Å²) < 4.78 is 10.9. The number of nitrogens with one attached hydrogen (secondary N) is 4. The molecular weight excluding hydrogens is 648 g/mol. The molecular formula is C38H48N8O5. The van der Waals surface area contributed by atoms with Gasteiger partial charge in [-0.2, -0.15) is 0 Å². The number of H-pyrrole nitrogens is 1. The van der Waals surface area contributed by atoms with Crippen molar-refractivity contribution in [3.05, 3.63) is 60.0 Å². The molecule has 13 heteroatoms. The third-order valence-corrected chi connectivity index (χ3v) is 9.10. The minimum absolute atomic E-state index is 0.0473. The smallest absolute Gasteiger partial charge is 0.407 e. The molecule has 5 rings (SSSR count). The molecule has 4 N–H and O–H groups in total. The highest BCUT2D eigenvalue weighted by molar-refractivity contribution is 6.03. The summed E-state index contributed by atoms with van der Waals surface area (Å²) in [5, 5.41) is 10.8. The van der Waals surface area contributed by atoms with E-state index in [2.05, 4.69) is 80.9 Å². The number of ether oxygens (including phenoxy) is 2. The lowest BCUT2D eigenvalue weighted by Crippen LogP contribution is -2.43. The van der Waals surface area contributed by atoms with Gasteiger partial charge in [-0.3, -0.25) is 14.6 Å². The number of hydrogen-bond acceptors (Lipinski definition) is 9. The van der Waals surface area contributed by atoms with E-state index >= 15 is 0 Å². The maximum Gasteiger partial charge on any atom is 0.407 e. The SMILES string of the molecule is CCCN(Cc1ncc(-c2ccc3c(c2)COc2cc4c(NC)c(N=CCN(C(=O)CNC)[C@@H](C)CC)ccc4cc2-3)[nH]1)C(=O)CNC(=O)OC. The lowest BCUT2D eigenvalue weighted by molar-refractivity contribution is -0.131. The van der Waals surface area contributed by atoms with Crippen molar-refractivity contribution in [2.45, 2.75) is 52.8 Å². The molecule has 4 aromatic rings. The number of alkyl carbamates (subject to hydrolysis) is 1. The average molecular weight is 697 g/mol. The number of amides is 3. The fraction of sp³-hybridized carbons (Fsp3) is 0.395. The molecule has 3 aromatic carbocycles. The highest BCUT2D eigenvalue weighted by Gasteiger charge is 2.22. The van der Waals surface area contributed by atoms with E-state index in [1.54, 1.807) is 24.4 Å². The minimum atomic E-state index is -0.648. The van der Waals surface area contributed by atoms with Gasteiger partial charge in [0, 0.05) is 36.8 Å². The highest BCUT2D eigenvalue weighted by atomic mass is 16.5. The molecule has 270 valence electrons. The van der Waals surface area contributed by atoms with Crippen LogP contribution in [0.1, 0.15) is 45.0 Å². The van der Waals surface area contributed by atoms with Gasteiger partial charge in [-0.25, -0.2) is 9.78 Å². The molecule has 1 aliphatic heterocycles. The number of rotatable bonds is 15. The zero-order valence-corrected chi connectivity index (χ0v) is 30.3. The van der Waals surface area contributed by atoms with E-state index in [9.17, 15) is 14.4 Å². The number of anilines is 1. The third kappa shape index (κ3) is 8.48. The molecule has 0 spiro atoms. The Morgan fingerprint density at radius 2 is 1.90 bits per heavy atom. The number of carbonyl (C=O) groups excluding carboxylic acids is 3. The molecule has 1 aliphatic rings. The number of aliphatic imine (C=N–C) groups is 1. The Hall–Kier alpha value is -5.43. The summed E-state index contributed by atoms with van der Waals surface area (Å²) in [6.45, 7) is 7.91. The van der Waals surface area contributed by atoms with Crippen molar-refractivity contribution in [3.8, 4) is 28.1 Å². The lowest BCUT2D eigenvalue weighted by atomic mass is 9.92. The molecule has 0 unspecified atom stereocenters. The predicted molar refractivity (Wildman–Crippen MR) is 201 cm³/mol. The predicted octanol–water partition coefficient (Wildman–Crippen LogP) is 5.47. The van der Waals surface area contributed by atoms with Crippen LogP contribution < -0.4 is 20.7 Å². The molecule has 51 heavy (non-hydrogen) atoms. The van der Waals surface area contributed by atoms with Gasteiger partial charge in [-0.1, -0.05) is 32.0 Å². The van der Waals surface area contributed by atoms with Crippen LogP contribution >= 0.6 is 0 Å². The second-order valence-corrected chi connectivity index (χ2v) is 12.5. The van der Waals surface area contributed by atoms with Gasteiger partial charge in [-0.15, -0.1) is 0 Å². The van der Waals surface area contributed by atoms with Crippen molar-refractivity contribution in [3.63, 3.8) is 0 Å². The van der Waals surface area contributed by atoms with Crippen molar-refractivity contribution in [2.75, 3.05) is 52.7 Å². The largest absolute Gasteiger partial charge is 0.488 e. The number of hydrogen-bond donors (Lipinski definition) is 4. The number of imidazole rings is 1. The van der Waals surface area contributed by atoms with Crippen LogP contribution in [-0.4, -0.2) is 97.3 Å². The van der Waals surface area contributed by atoms with Gasteiger partial charge in [0.2, 0.25) is 11.8 Å². The van der Waals surface area contributed by atoms with Crippen LogP contribution in [0.25, 0.3) is 33.2 Å². The zero-order chi connectivity index (χ0) is 36.5. The van der Waals surface area contributed by atoms with Crippen molar-refractivity contribution in [1.29, 1.82) is 0 Å². The first-order valence-electron chi connectivity index (χ1n) is 17.4. The minimum Gasteiger partial charge on any atom is -0.488 e. The summed E-state index contributed by atoms with van der Waals surface area (Å²) in [6.07, 6.45) is 4.55. The Labute approximate surface area is 298 Å². The molecule has 2 heterocycles. The summed E-state index contributed by atoms with van der Waals surface area (Å²) in [7, 11) is 4.92. The van der Waals surface area contributed by atoms with Gasteiger partial charge >= 0.3 is 6.09 Å². The summed E-state index contributed by atoms with van der Waals surface area (Å²) >= 11 is 0. The number of benzene rings is 3. The molecule has 3 amide bonds. The van der Waals surface area contributed by atoms with Crippen LogP contribution in [0, 0.1) is 0 Å². The monoisotopic (exact) mass is 696 g/mol. The quantitative estimate of drug-likeness (QED) is 0.119. The van der Waals surface area contributed by atoms with Crippen molar-refractivity contribution >= 4 is 46.3 Å². The van der Waals surface area contributed by atoms with Crippen LogP contribution in [0.3, 0.4) is 0 Å². The topological polar surface area (TPSA) is 153 Å². The van der Waals surface area contributed by atoms with E-state index < -0.39 is 6.09 Å². The van der Waals surface area contributed by atoms with E-state index in [1.165, 1.54) is 7.11 Å². The molecule has 1 atom stereocenters. The van der Waals surface area contributed by atoms with Gasteiger partial charge in [-0.05, 0) is 73.2 Å². The lowest BCUT2D eigenvalue weighted by Gasteiger charge is -2.27. The van der Waals surface area contributed by atoms with Crippen LogP contribution in [-0.2, 0) is 27.5 Å². The summed E-state index contributed by atoms with van der Waals surface area (Å²) in [5.41, 5.74) is 6.64. The third-order valence-electron chi connectivity index (χ3n) is 9.10. The first kappa shape index (κ1) is 36.8. The Kier molecular flexibility index (Phi) is 12.3. The van der Waals surface area contributed by atoms with E-state index in [-0.39, 0.29) is 30.9 Å². The summed E-state index contributed by atoms with van der Waals surface area (Å²) in [6, 6.07) is 14.7. The number of likely N-dealkylation sites (N-methyl/N-ethyl adjacent to an activating group) is 1. The van der Waals surface area contributed by atoms with Gasteiger partial charge in [0.1, 0.15) is 24.7 Å². The number of nitrogens with zero attached hydrogens (tertiary/aromatic N) is 4. The van der Waals surface area contributed by atoms with E-state index in [4.69, 9.17) is 9.73 Å². The van der Waals surface area contributed by atoms with Crippen molar-refractivity contribution < 1.29 is 23.9 Å². The second-order valence-electron chi connectivity index (χ2n) is 12.5. The molecule has 0 aliphatic carbocycles. The highest BCUT2D eigenvalue weighted by Crippen LogP contribution is 2.44. The maximum atomic E-state index is 12.7. The van der Waals surface area contributed by atoms with Crippen molar-refractivity contribution in [1.82, 2.24) is 30.4 Å². The molecule has 0 radical (unpaired) electrons. The van der Waals surface area contributed by atoms with Gasteiger partial charge in [0.05, 0.1) is 50.0 Å². The van der Waals surface area contributed by atoms with Crippen molar-refractivity contribution in [2.24, 2.45) is 4.99 Å². The zero-order valence-electron chi connectivity index (χ0n) is 30.3. The number of aromatic amines is 1. The summed E-state index contributed by atoms with van der Waals surface area (Å²) in [4.78, 5) is 53.0. The Bertz CT molecular complexity index is 1900. The van der Waals surface area contributed by atoms with E-state index in [0.717, 1.165) is 68.7 Å². The average Bonchev–Trinajstić information content (AvgIpc) is 3.62. The normalized spacial score (nSPS) is 12.5. The fourth-order valence-electron chi connectivity index (χ4n) is 6.23. The number of carbonyl (C=O) groups is 3. The van der Waals surface area contributed by atoms with Crippen LogP contribution in [0.4, 0.5) is 16.2 Å². The fourth-order valence-corrected chi connectivity index (χ4v) is 6.23. The molecule has 0 saturated carbocycles. The number of methoxy groups -OCH3 is 1. The van der Waals surface area contributed by atoms with Crippen LogP contribution in [0.5, 0.6) is 5.75 Å². The first-order chi connectivity index (χ1) is 24.7. The van der Waals surface area contributed by atoms with E-state index in [1.807, 2.05) is 24.9 Å². The molecule has 0 bridgehead atoms. The maximum absolute atomic E-state index is 12.7. The Morgan fingerprint density at radius 1 is 1.08 bits per heavy atom. The van der Waals surface area contributed by atoms with Gasteiger partial charge in [0.15, 0.2) is 0 Å². The molecule has 1 aromatic heterocycles. The summed E-state index contributed by atoms with van der Waals surface area (Å²) in [5.74, 6) is 1.28. The van der Waals surface area contributed by atoms with Gasteiger partial charge < -0.3 is 40.2 Å². The van der Waals surface area contributed by atoms with Crippen LogP contribution in [0.2, 0.25) is 0 Å². The number of fused-ring (bicyclic) bond motifs is 4. The second kappa shape index (κ2) is 17.0. The number of aromatic nitrogens is 2. The van der Waals surface area contributed by atoms with Gasteiger partial charge in [0.25, 0.3) is 0 Å². The Morgan fingerprint density at radius 3 is 2.63 bits per heavy atom. The van der Waals surface area contributed by atoms with Crippen LogP contribution in [0.15, 0.2) is 53.7 Å². The Balaban J connectivity index is 1.35. The standard InChI is InChI=1S/C38H48N8O5/c1-7-14-45(35(47)21-43-38(49)50-6)22-34-42-19-32(44-34)26-9-11-28-27(16-26)23-51-33-18-29-25(17-30(28)33)10-12-31(37(29)40-5)41-13-15-46(24(3)8-2)36(48)20-39-4/h9-13,16-19,24,39-40H,7-8,14-15,20-23H2,1-6H3,(H,42,44)(H,43,49)/t24-/m0/s1. The molecule has 0 fully saturated rings.